The van der Waals surface area contributed by atoms with Crippen LogP contribution in [0.5, 0.6) is 5.75 Å². The number of rotatable bonds is 4. The first-order valence-electron chi connectivity index (χ1n) is 6.90. The van der Waals surface area contributed by atoms with E-state index in [1.807, 2.05) is 6.92 Å². The maximum absolute atomic E-state index is 12.4. The monoisotopic (exact) mass is 301 g/mol. The Labute approximate surface area is 126 Å². The van der Waals surface area contributed by atoms with Gasteiger partial charge in [-0.3, -0.25) is 14.9 Å². The molecule has 2 amide bonds. The molecule has 1 unspecified atom stereocenters. The van der Waals surface area contributed by atoms with Gasteiger partial charge in [0, 0.05) is 5.69 Å². The second kappa shape index (κ2) is 5.84. The van der Waals surface area contributed by atoms with E-state index in [-0.39, 0.29) is 24.2 Å². The Kier molecular flexibility index (Phi) is 3.73. The van der Waals surface area contributed by atoms with Crippen LogP contribution in [0.25, 0.3) is 0 Å². The van der Waals surface area contributed by atoms with Crippen molar-refractivity contribution in [2.24, 2.45) is 0 Å². The van der Waals surface area contributed by atoms with Crippen molar-refractivity contribution in [3.05, 3.63) is 30.6 Å². The number of ether oxygens (including phenoxy) is 1. The number of benzene rings is 1. The minimum absolute atomic E-state index is 0.0270. The van der Waals surface area contributed by atoms with Gasteiger partial charge in [0.2, 0.25) is 17.8 Å². The maximum Gasteiger partial charge on any atom is 0.249 e. The summed E-state index contributed by atoms with van der Waals surface area (Å²) < 4.78 is 6.75. The molecule has 8 heteroatoms. The summed E-state index contributed by atoms with van der Waals surface area (Å²) in [6.45, 7) is 2.48. The molecule has 1 aromatic carbocycles. The Balaban J connectivity index is 1.73. The summed E-state index contributed by atoms with van der Waals surface area (Å²) in [6.07, 6.45) is 1.33. The summed E-state index contributed by atoms with van der Waals surface area (Å²) in [5, 5.41) is 9.32. The van der Waals surface area contributed by atoms with Crippen molar-refractivity contribution >= 4 is 23.5 Å². The van der Waals surface area contributed by atoms with E-state index >= 15 is 0 Å². The molecule has 0 saturated heterocycles. The summed E-state index contributed by atoms with van der Waals surface area (Å²) in [6, 6.07) is 6.32. The highest BCUT2D eigenvalue weighted by Gasteiger charge is 2.31. The molecule has 0 bridgehead atoms. The summed E-state index contributed by atoms with van der Waals surface area (Å²) in [4.78, 5) is 27.9. The molecule has 0 fully saturated rings. The van der Waals surface area contributed by atoms with Crippen LogP contribution in [0.1, 0.15) is 19.4 Å². The molecule has 0 spiro atoms. The topological polar surface area (TPSA) is 98.1 Å². The highest BCUT2D eigenvalue weighted by molar-refractivity contribution is 6.00. The van der Waals surface area contributed by atoms with Crippen LogP contribution in [0.2, 0.25) is 0 Å². The fourth-order valence-corrected chi connectivity index (χ4v) is 2.24. The van der Waals surface area contributed by atoms with Gasteiger partial charge in [0.15, 0.2) is 0 Å². The molecule has 114 valence electrons. The zero-order chi connectivity index (χ0) is 15.5. The van der Waals surface area contributed by atoms with E-state index in [0.717, 1.165) is 5.75 Å². The van der Waals surface area contributed by atoms with Gasteiger partial charge < -0.3 is 10.1 Å². The number of fused-ring (bicyclic) bond motifs is 1. The molecule has 0 saturated carbocycles. The Morgan fingerprint density at radius 1 is 1.45 bits per heavy atom. The van der Waals surface area contributed by atoms with Gasteiger partial charge in [-0.2, -0.15) is 10.1 Å². The Bertz CT molecular complexity index is 695. The average Bonchev–Trinajstić information content (AvgIpc) is 2.96. The van der Waals surface area contributed by atoms with Crippen molar-refractivity contribution < 1.29 is 14.3 Å². The lowest BCUT2D eigenvalue weighted by atomic mass is 10.1. The van der Waals surface area contributed by atoms with E-state index in [4.69, 9.17) is 4.74 Å². The van der Waals surface area contributed by atoms with Crippen molar-refractivity contribution in [1.82, 2.24) is 14.8 Å². The molecule has 1 aliphatic heterocycles. The van der Waals surface area contributed by atoms with Gasteiger partial charge in [-0.05, 0) is 31.2 Å². The molecule has 8 nitrogen and oxygen atoms in total. The number of nitrogens with zero attached hydrogens (tertiary/aromatic N) is 3. The first-order chi connectivity index (χ1) is 10.7. The van der Waals surface area contributed by atoms with E-state index in [0.29, 0.717) is 12.3 Å². The van der Waals surface area contributed by atoms with Crippen LogP contribution >= 0.6 is 0 Å². The Hall–Kier alpha value is -2.90. The summed E-state index contributed by atoms with van der Waals surface area (Å²) in [5.74, 6) is 0.442. The van der Waals surface area contributed by atoms with Crippen molar-refractivity contribution in [2.45, 2.75) is 19.4 Å². The summed E-state index contributed by atoms with van der Waals surface area (Å²) in [7, 11) is 0. The SMILES string of the molecule is CCOc1ccc(NC(=O)C2CC(=O)Nc3ncnn32)cc1. The van der Waals surface area contributed by atoms with Crippen LogP contribution in [0.4, 0.5) is 11.6 Å². The van der Waals surface area contributed by atoms with Gasteiger partial charge in [-0.15, -0.1) is 0 Å². The number of anilines is 2. The number of hydrogen-bond acceptors (Lipinski definition) is 5. The molecule has 1 atom stereocenters. The third-order valence-corrected chi connectivity index (χ3v) is 3.23. The van der Waals surface area contributed by atoms with Crippen LogP contribution in [0, 0.1) is 0 Å². The van der Waals surface area contributed by atoms with Crippen molar-refractivity contribution in [1.29, 1.82) is 0 Å². The maximum atomic E-state index is 12.4. The number of carbonyl (C=O) groups excluding carboxylic acids is 2. The first kappa shape index (κ1) is 14.1. The van der Waals surface area contributed by atoms with E-state index in [1.165, 1.54) is 11.0 Å². The molecule has 0 aliphatic carbocycles. The predicted octanol–water partition coefficient (Wildman–Crippen LogP) is 1.20. The smallest absolute Gasteiger partial charge is 0.249 e. The number of nitrogens with one attached hydrogen (secondary N) is 2. The van der Waals surface area contributed by atoms with Crippen molar-refractivity contribution in [2.75, 3.05) is 17.2 Å². The average molecular weight is 301 g/mol. The minimum Gasteiger partial charge on any atom is -0.494 e. The van der Waals surface area contributed by atoms with E-state index in [9.17, 15) is 9.59 Å². The van der Waals surface area contributed by atoms with Gasteiger partial charge in [-0.25, -0.2) is 4.68 Å². The highest BCUT2D eigenvalue weighted by Crippen LogP contribution is 2.23. The van der Waals surface area contributed by atoms with Crippen LogP contribution < -0.4 is 15.4 Å². The Morgan fingerprint density at radius 2 is 2.23 bits per heavy atom. The molecule has 1 aromatic heterocycles. The van der Waals surface area contributed by atoms with Crippen molar-refractivity contribution in [3.8, 4) is 5.75 Å². The molecule has 2 heterocycles. The van der Waals surface area contributed by atoms with Crippen LogP contribution in [-0.2, 0) is 9.59 Å². The first-order valence-corrected chi connectivity index (χ1v) is 6.90. The molecule has 1 aliphatic rings. The van der Waals surface area contributed by atoms with Gasteiger partial charge in [0.1, 0.15) is 18.1 Å². The molecule has 2 N–H and O–H groups in total. The second-order valence-corrected chi connectivity index (χ2v) is 4.74. The predicted molar refractivity (Wildman–Crippen MR) is 78.5 cm³/mol. The van der Waals surface area contributed by atoms with Gasteiger partial charge in [-0.1, -0.05) is 0 Å². The fraction of sp³-hybridized carbons (Fsp3) is 0.286. The number of aromatic nitrogens is 3. The third kappa shape index (κ3) is 2.76. The van der Waals surface area contributed by atoms with Gasteiger partial charge in [0.25, 0.3) is 0 Å². The normalized spacial score (nSPS) is 16.6. The lowest BCUT2D eigenvalue weighted by molar-refractivity contribution is -0.125. The van der Waals surface area contributed by atoms with Gasteiger partial charge in [0.05, 0.1) is 13.0 Å². The van der Waals surface area contributed by atoms with E-state index in [2.05, 4.69) is 20.7 Å². The van der Waals surface area contributed by atoms with Crippen molar-refractivity contribution in [3.63, 3.8) is 0 Å². The highest BCUT2D eigenvalue weighted by atomic mass is 16.5. The number of amides is 2. The molecule has 3 rings (SSSR count). The molecular weight excluding hydrogens is 286 g/mol. The third-order valence-electron chi connectivity index (χ3n) is 3.23. The number of carbonyl (C=O) groups is 2. The Morgan fingerprint density at radius 3 is 2.95 bits per heavy atom. The van der Waals surface area contributed by atoms with E-state index in [1.54, 1.807) is 24.3 Å². The standard InChI is InChI=1S/C14H15N5O3/c1-2-22-10-5-3-9(4-6-10)17-13(21)11-7-12(20)18-14-15-8-16-19(11)14/h3-6,8,11H,2,7H2,1H3,(H,17,21)(H,15,16,18,20). The fourth-order valence-electron chi connectivity index (χ4n) is 2.24. The van der Waals surface area contributed by atoms with Crippen LogP contribution in [-0.4, -0.2) is 33.2 Å². The zero-order valence-electron chi connectivity index (χ0n) is 11.9. The second-order valence-electron chi connectivity index (χ2n) is 4.74. The lowest BCUT2D eigenvalue weighted by Crippen LogP contribution is -2.35. The summed E-state index contributed by atoms with van der Waals surface area (Å²) >= 11 is 0. The van der Waals surface area contributed by atoms with E-state index < -0.39 is 6.04 Å². The van der Waals surface area contributed by atoms with Crippen LogP contribution in [0.3, 0.4) is 0 Å². The largest absolute Gasteiger partial charge is 0.494 e. The van der Waals surface area contributed by atoms with Gasteiger partial charge >= 0.3 is 0 Å². The lowest BCUT2D eigenvalue weighted by Gasteiger charge is -2.22. The minimum atomic E-state index is -0.710. The molecule has 22 heavy (non-hydrogen) atoms. The molecule has 0 radical (unpaired) electrons. The number of hydrogen-bond donors (Lipinski definition) is 2. The zero-order valence-corrected chi connectivity index (χ0v) is 11.9. The summed E-state index contributed by atoms with van der Waals surface area (Å²) in [5.41, 5.74) is 0.626. The van der Waals surface area contributed by atoms with Crippen LogP contribution in [0.15, 0.2) is 30.6 Å². The molecule has 2 aromatic rings. The molecular formula is C14H15N5O3. The quantitative estimate of drug-likeness (QED) is 0.884.